The van der Waals surface area contributed by atoms with Crippen LogP contribution in [-0.2, 0) is 4.79 Å². The van der Waals surface area contributed by atoms with Crippen molar-refractivity contribution in [2.45, 2.75) is 6.42 Å². The van der Waals surface area contributed by atoms with Crippen LogP contribution in [0.15, 0.2) is 30.6 Å². The molecule has 1 aliphatic carbocycles. The predicted octanol–water partition coefficient (Wildman–Crippen LogP) is 1.07. The molecule has 4 nitrogen and oxygen atoms in total. The van der Waals surface area contributed by atoms with E-state index in [0.717, 1.165) is 36.3 Å². The van der Waals surface area contributed by atoms with Crippen molar-refractivity contribution in [2.24, 2.45) is 17.8 Å². The Bertz CT molecular complexity index is 462. The van der Waals surface area contributed by atoms with Gasteiger partial charge < -0.3 is 10.6 Å². The third kappa shape index (κ3) is 3.01. The summed E-state index contributed by atoms with van der Waals surface area (Å²) in [5, 5.41) is 6.33. The quantitative estimate of drug-likeness (QED) is 0.776. The molecular formula is C15H19N3O. The molecule has 1 aliphatic heterocycles. The molecule has 0 bridgehead atoms. The van der Waals surface area contributed by atoms with Crippen LogP contribution in [0, 0.1) is 17.8 Å². The predicted molar refractivity (Wildman–Crippen MR) is 74.2 cm³/mol. The van der Waals surface area contributed by atoms with Crippen molar-refractivity contribution in [1.82, 2.24) is 15.6 Å². The smallest absolute Gasteiger partial charge is 0.244 e. The minimum absolute atomic E-state index is 0.0206. The van der Waals surface area contributed by atoms with Crippen LogP contribution in [0.2, 0.25) is 0 Å². The Balaban J connectivity index is 1.36. The zero-order valence-corrected chi connectivity index (χ0v) is 10.9. The summed E-state index contributed by atoms with van der Waals surface area (Å²) in [7, 11) is 0. The lowest BCUT2D eigenvalue weighted by atomic mass is 10.2. The largest absolute Gasteiger partial charge is 0.353 e. The van der Waals surface area contributed by atoms with E-state index in [9.17, 15) is 4.79 Å². The van der Waals surface area contributed by atoms with Gasteiger partial charge in [0.1, 0.15) is 0 Å². The Hall–Kier alpha value is -1.68. The maximum atomic E-state index is 11.6. The van der Waals surface area contributed by atoms with E-state index in [0.29, 0.717) is 0 Å². The molecule has 3 atom stereocenters. The number of fused-ring (bicyclic) bond motifs is 1. The van der Waals surface area contributed by atoms with E-state index in [1.807, 2.05) is 12.1 Å². The summed E-state index contributed by atoms with van der Waals surface area (Å²) in [6, 6.07) is 3.78. The number of nitrogens with one attached hydrogen (secondary N) is 2. The molecule has 1 unspecified atom stereocenters. The van der Waals surface area contributed by atoms with Gasteiger partial charge in [0.2, 0.25) is 5.91 Å². The minimum Gasteiger partial charge on any atom is -0.353 e. The molecule has 0 spiro atoms. The van der Waals surface area contributed by atoms with Gasteiger partial charge in [0.15, 0.2) is 0 Å². The summed E-state index contributed by atoms with van der Waals surface area (Å²) < 4.78 is 0. The lowest BCUT2D eigenvalue weighted by Gasteiger charge is -2.04. The monoisotopic (exact) mass is 257 g/mol. The first-order valence-electron chi connectivity index (χ1n) is 6.91. The van der Waals surface area contributed by atoms with E-state index in [2.05, 4.69) is 15.6 Å². The first-order chi connectivity index (χ1) is 9.34. The molecular weight excluding hydrogens is 238 g/mol. The van der Waals surface area contributed by atoms with Crippen molar-refractivity contribution in [3.63, 3.8) is 0 Å². The summed E-state index contributed by atoms with van der Waals surface area (Å²) in [4.78, 5) is 15.6. The fraction of sp³-hybridized carbons (Fsp3) is 0.467. The molecule has 2 N–H and O–H groups in total. The molecule has 2 heterocycles. The van der Waals surface area contributed by atoms with Gasteiger partial charge in [-0.25, -0.2) is 0 Å². The van der Waals surface area contributed by atoms with E-state index in [4.69, 9.17) is 0 Å². The standard InChI is InChI=1S/C15H19N3O/c19-15(4-3-11-2-1-6-16-8-11)18-7-5-12-13-9-17-10-14(12)13/h1-4,6,8,12-14,17H,5,7,9-10H2,(H,18,19)/b4-3+/t12?,13-,14+. The number of hydrogen-bond donors (Lipinski definition) is 2. The van der Waals surface area contributed by atoms with E-state index >= 15 is 0 Å². The third-order valence-corrected chi connectivity index (χ3v) is 4.16. The van der Waals surface area contributed by atoms with Crippen LogP contribution in [0.5, 0.6) is 0 Å². The maximum Gasteiger partial charge on any atom is 0.244 e. The number of aromatic nitrogens is 1. The highest BCUT2D eigenvalue weighted by molar-refractivity contribution is 5.91. The van der Waals surface area contributed by atoms with E-state index in [-0.39, 0.29) is 5.91 Å². The topological polar surface area (TPSA) is 54.0 Å². The first kappa shape index (κ1) is 12.4. The average Bonchev–Trinajstić information content (AvgIpc) is 2.87. The van der Waals surface area contributed by atoms with Gasteiger partial charge in [-0.1, -0.05) is 6.07 Å². The summed E-state index contributed by atoms with van der Waals surface area (Å²) in [5.41, 5.74) is 0.945. The molecule has 4 heteroatoms. The molecule has 1 saturated heterocycles. The summed E-state index contributed by atoms with van der Waals surface area (Å²) in [6.45, 7) is 3.13. The SMILES string of the molecule is O=C(/C=C/c1cccnc1)NCCC1[C@H]2CNC[C@@H]12. The molecule has 100 valence electrons. The Morgan fingerprint density at radius 1 is 1.47 bits per heavy atom. The number of nitrogens with zero attached hydrogens (tertiary/aromatic N) is 1. The van der Waals surface area contributed by atoms with Crippen LogP contribution in [0.1, 0.15) is 12.0 Å². The number of carbonyl (C=O) groups excluding carboxylic acids is 1. The van der Waals surface area contributed by atoms with Crippen molar-refractivity contribution < 1.29 is 4.79 Å². The molecule has 1 aromatic rings. The van der Waals surface area contributed by atoms with E-state index in [1.165, 1.54) is 13.1 Å². The fourth-order valence-corrected chi connectivity index (χ4v) is 3.04. The van der Waals surface area contributed by atoms with Crippen molar-refractivity contribution in [3.8, 4) is 0 Å². The lowest BCUT2D eigenvalue weighted by molar-refractivity contribution is -0.116. The Morgan fingerprint density at radius 2 is 2.32 bits per heavy atom. The van der Waals surface area contributed by atoms with Crippen LogP contribution in [-0.4, -0.2) is 30.5 Å². The summed E-state index contributed by atoms with van der Waals surface area (Å²) in [6.07, 6.45) is 7.94. The van der Waals surface area contributed by atoms with Crippen molar-refractivity contribution in [1.29, 1.82) is 0 Å². The van der Waals surface area contributed by atoms with Gasteiger partial charge in [-0.05, 0) is 55.0 Å². The second-order valence-electron chi connectivity index (χ2n) is 5.35. The molecule has 1 aromatic heterocycles. The van der Waals surface area contributed by atoms with Gasteiger partial charge in [0, 0.05) is 25.0 Å². The van der Waals surface area contributed by atoms with Crippen LogP contribution >= 0.6 is 0 Å². The zero-order valence-electron chi connectivity index (χ0n) is 10.9. The Morgan fingerprint density at radius 3 is 3.05 bits per heavy atom. The zero-order chi connectivity index (χ0) is 13.1. The highest BCUT2D eigenvalue weighted by Gasteiger charge is 2.51. The molecule has 1 amide bonds. The number of amides is 1. The number of rotatable bonds is 5. The normalized spacial score (nSPS) is 28.3. The van der Waals surface area contributed by atoms with Crippen molar-refractivity contribution in [2.75, 3.05) is 19.6 Å². The lowest BCUT2D eigenvalue weighted by Crippen LogP contribution is -2.24. The Kier molecular flexibility index (Phi) is 3.60. The highest BCUT2D eigenvalue weighted by atomic mass is 16.1. The molecule has 1 saturated carbocycles. The van der Waals surface area contributed by atoms with Crippen molar-refractivity contribution in [3.05, 3.63) is 36.2 Å². The van der Waals surface area contributed by atoms with Crippen LogP contribution < -0.4 is 10.6 Å². The number of piperidine rings is 1. The first-order valence-corrected chi connectivity index (χ1v) is 6.91. The van der Waals surface area contributed by atoms with Crippen molar-refractivity contribution >= 4 is 12.0 Å². The van der Waals surface area contributed by atoms with Gasteiger partial charge >= 0.3 is 0 Å². The second kappa shape index (κ2) is 5.53. The third-order valence-electron chi connectivity index (χ3n) is 4.16. The van der Waals surface area contributed by atoms with Gasteiger partial charge in [-0.3, -0.25) is 9.78 Å². The fourth-order valence-electron chi connectivity index (χ4n) is 3.04. The van der Waals surface area contributed by atoms with E-state index in [1.54, 1.807) is 24.5 Å². The van der Waals surface area contributed by atoms with Crippen LogP contribution in [0.4, 0.5) is 0 Å². The average molecular weight is 257 g/mol. The molecule has 3 rings (SSSR count). The number of carbonyl (C=O) groups is 1. The highest BCUT2D eigenvalue weighted by Crippen LogP contribution is 2.50. The Labute approximate surface area is 113 Å². The molecule has 0 aromatic carbocycles. The van der Waals surface area contributed by atoms with Gasteiger partial charge in [0.05, 0.1) is 0 Å². The summed E-state index contributed by atoms with van der Waals surface area (Å²) >= 11 is 0. The minimum atomic E-state index is -0.0206. The van der Waals surface area contributed by atoms with Gasteiger partial charge in [-0.15, -0.1) is 0 Å². The molecule has 0 radical (unpaired) electrons. The second-order valence-corrected chi connectivity index (χ2v) is 5.35. The van der Waals surface area contributed by atoms with E-state index < -0.39 is 0 Å². The van der Waals surface area contributed by atoms with Crippen LogP contribution in [0.3, 0.4) is 0 Å². The van der Waals surface area contributed by atoms with Crippen LogP contribution in [0.25, 0.3) is 6.08 Å². The number of hydrogen-bond acceptors (Lipinski definition) is 3. The van der Waals surface area contributed by atoms with Gasteiger partial charge in [-0.2, -0.15) is 0 Å². The summed E-state index contributed by atoms with van der Waals surface area (Å²) in [5.74, 6) is 2.57. The van der Waals surface area contributed by atoms with Gasteiger partial charge in [0.25, 0.3) is 0 Å². The molecule has 2 aliphatic rings. The number of pyridine rings is 1. The molecule has 2 fully saturated rings. The molecule has 19 heavy (non-hydrogen) atoms. The maximum absolute atomic E-state index is 11.6.